The number of benzene rings is 1. The van der Waals surface area contributed by atoms with Crippen LogP contribution in [0.5, 0.6) is 0 Å². The van der Waals surface area contributed by atoms with Crippen molar-refractivity contribution >= 4 is 28.5 Å². The number of aryl methyl sites for hydroxylation is 1. The van der Waals surface area contributed by atoms with Crippen LogP contribution in [-0.2, 0) is 13.0 Å². The molecule has 1 aliphatic rings. The highest BCUT2D eigenvalue weighted by molar-refractivity contribution is 6.30. The molecule has 1 aliphatic carbocycles. The van der Waals surface area contributed by atoms with E-state index in [-0.39, 0.29) is 18.7 Å². The lowest BCUT2D eigenvalue weighted by Crippen LogP contribution is -2.38. The summed E-state index contributed by atoms with van der Waals surface area (Å²) in [6, 6.07) is 6.06. The van der Waals surface area contributed by atoms with E-state index in [1.807, 2.05) is 6.07 Å². The van der Waals surface area contributed by atoms with Gasteiger partial charge in [-0.25, -0.2) is 14.6 Å². The van der Waals surface area contributed by atoms with E-state index in [2.05, 4.69) is 39.4 Å². The van der Waals surface area contributed by atoms with Gasteiger partial charge in [0.15, 0.2) is 5.65 Å². The second-order valence-electron chi connectivity index (χ2n) is 7.98. The molecular formula is C21H26ClN5O2. The second-order valence-corrected chi connectivity index (χ2v) is 8.42. The molecule has 29 heavy (non-hydrogen) atoms. The van der Waals surface area contributed by atoms with Crippen molar-refractivity contribution in [1.29, 1.82) is 0 Å². The summed E-state index contributed by atoms with van der Waals surface area (Å²) in [5, 5.41) is 28.5. The van der Waals surface area contributed by atoms with Crippen LogP contribution in [-0.4, -0.2) is 48.2 Å². The van der Waals surface area contributed by atoms with Crippen LogP contribution in [0.25, 0.3) is 11.0 Å². The van der Waals surface area contributed by atoms with Crippen molar-refractivity contribution in [2.75, 3.05) is 11.9 Å². The molecule has 2 heterocycles. The summed E-state index contributed by atoms with van der Waals surface area (Å²) in [6.07, 6.45) is 7.69. The summed E-state index contributed by atoms with van der Waals surface area (Å²) in [5.41, 5.74) is 3.03. The van der Waals surface area contributed by atoms with Gasteiger partial charge in [-0.3, -0.25) is 0 Å². The van der Waals surface area contributed by atoms with Gasteiger partial charge in [0.1, 0.15) is 12.1 Å². The summed E-state index contributed by atoms with van der Waals surface area (Å²) >= 11 is 6.25. The van der Waals surface area contributed by atoms with Crippen molar-refractivity contribution in [3.63, 3.8) is 0 Å². The first-order chi connectivity index (χ1) is 14.0. The minimum absolute atomic E-state index is 0.0938. The molecule has 154 valence electrons. The number of nitrogens with one attached hydrogen (secondary N) is 1. The molecule has 4 rings (SSSR count). The molecule has 8 heteroatoms. The maximum atomic E-state index is 9.76. The molecule has 0 amide bonds. The zero-order valence-electron chi connectivity index (χ0n) is 16.5. The fourth-order valence-corrected chi connectivity index (χ4v) is 4.42. The number of aliphatic hydroxyl groups excluding tert-OH is 2. The van der Waals surface area contributed by atoms with Crippen LogP contribution in [0.3, 0.4) is 0 Å². The van der Waals surface area contributed by atoms with Crippen molar-refractivity contribution in [3.05, 3.63) is 46.9 Å². The lowest BCUT2D eigenvalue weighted by atomic mass is 9.87. The molecule has 7 nitrogen and oxygen atoms in total. The summed E-state index contributed by atoms with van der Waals surface area (Å²) in [4.78, 5) is 8.83. The minimum Gasteiger partial charge on any atom is -0.394 e. The van der Waals surface area contributed by atoms with Crippen LogP contribution in [0.2, 0.25) is 5.02 Å². The molecule has 3 aromatic rings. The van der Waals surface area contributed by atoms with Gasteiger partial charge in [0.2, 0.25) is 0 Å². The number of hydrogen-bond acceptors (Lipinski definition) is 6. The Morgan fingerprint density at radius 1 is 1.28 bits per heavy atom. The molecule has 3 N–H and O–H groups in total. The van der Waals surface area contributed by atoms with Crippen molar-refractivity contribution in [2.24, 2.45) is 0 Å². The third kappa shape index (κ3) is 4.22. The first kappa shape index (κ1) is 20.1. The Hall–Kier alpha value is -2.22. The highest BCUT2D eigenvalue weighted by atomic mass is 35.5. The number of rotatable bonds is 7. The van der Waals surface area contributed by atoms with Gasteiger partial charge >= 0.3 is 0 Å². The first-order valence-corrected chi connectivity index (χ1v) is 10.4. The van der Waals surface area contributed by atoms with Gasteiger partial charge in [0.25, 0.3) is 0 Å². The zero-order chi connectivity index (χ0) is 20.4. The largest absolute Gasteiger partial charge is 0.394 e. The Kier molecular flexibility index (Phi) is 5.72. The van der Waals surface area contributed by atoms with E-state index >= 15 is 0 Å². The van der Waals surface area contributed by atoms with Crippen LogP contribution >= 0.6 is 11.6 Å². The van der Waals surface area contributed by atoms with Gasteiger partial charge in [-0.2, -0.15) is 5.10 Å². The fourth-order valence-electron chi connectivity index (χ4n) is 4.23. The van der Waals surface area contributed by atoms with E-state index in [1.54, 1.807) is 10.9 Å². The molecule has 0 bridgehead atoms. The van der Waals surface area contributed by atoms with Crippen molar-refractivity contribution in [2.45, 2.75) is 57.2 Å². The molecule has 1 atom stereocenters. The molecule has 1 fully saturated rings. The average Bonchev–Trinajstić information content (AvgIpc) is 3.33. The normalized spacial score (nSPS) is 17.0. The molecule has 1 aromatic carbocycles. The zero-order valence-corrected chi connectivity index (χ0v) is 17.2. The third-order valence-electron chi connectivity index (χ3n) is 5.81. The number of halogens is 1. The standard InChI is InChI=1S/C21H26ClN5O2/c1-14-4-5-16(22)8-15(14)9-21(6-2-3-7-21)26-19-18-10-25-27(11-17(29)12-28)20(18)24-13-23-19/h4-5,8,10,13,17,28-29H,2-3,6-7,9,11-12H2,1H3,(H,23,24,26). The van der Waals surface area contributed by atoms with Crippen LogP contribution < -0.4 is 5.32 Å². The Morgan fingerprint density at radius 2 is 2.07 bits per heavy atom. The highest BCUT2D eigenvalue weighted by Crippen LogP contribution is 2.38. The Morgan fingerprint density at radius 3 is 2.83 bits per heavy atom. The van der Waals surface area contributed by atoms with Gasteiger partial charge < -0.3 is 15.5 Å². The van der Waals surface area contributed by atoms with Crippen molar-refractivity contribution in [1.82, 2.24) is 19.7 Å². The van der Waals surface area contributed by atoms with E-state index in [0.29, 0.717) is 5.65 Å². The molecular weight excluding hydrogens is 390 g/mol. The average molecular weight is 416 g/mol. The van der Waals surface area contributed by atoms with Gasteiger partial charge in [-0.1, -0.05) is 30.5 Å². The maximum Gasteiger partial charge on any atom is 0.163 e. The summed E-state index contributed by atoms with van der Waals surface area (Å²) in [6.45, 7) is 1.98. The molecule has 0 saturated heterocycles. The Balaban J connectivity index is 1.65. The topological polar surface area (TPSA) is 96.1 Å². The maximum absolute atomic E-state index is 9.76. The predicted molar refractivity (Wildman–Crippen MR) is 113 cm³/mol. The lowest BCUT2D eigenvalue weighted by molar-refractivity contribution is 0.0792. The molecule has 0 radical (unpaired) electrons. The number of nitrogens with zero attached hydrogens (tertiary/aromatic N) is 4. The molecule has 1 saturated carbocycles. The SMILES string of the molecule is Cc1ccc(Cl)cc1CC1(Nc2ncnc3c2cnn3CC(O)CO)CCCC1. The molecule has 1 unspecified atom stereocenters. The molecule has 0 aliphatic heterocycles. The summed E-state index contributed by atoms with van der Waals surface area (Å²) in [5.74, 6) is 0.751. The number of hydrogen-bond donors (Lipinski definition) is 3. The highest BCUT2D eigenvalue weighted by Gasteiger charge is 2.35. The number of anilines is 1. The van der Waals surface area contributed by atoms with E-state index in [4.69, 9.17) is 16.7 Å². The van der Waals surface area contributed by atoms with Crippen LogP contribution in [0.1, 0.15) is 36.8 Å². The number of fused-ring (bicyclic) bond motifs is 1. The van der Waals surface area contributed by atoms with E-state index in [0.717, 1.165) is 35.5 Å². The molecule has 2 aromatic heterocycles. The Labute approximate surface area is 174 Å². The smallest absolute Gasteiger partial charge is 0.163 e. The van der Waals surface area contributed by atoms with E-state index in [1.165, 1.54) is 30.3 Å². The molecule has 0 spiro atoms. The van der Waals surface area contributed by atoms with Gasteiger partial charge in [-0.05, 0) is 49.4 Å². The lowest BCUT2D eigenvalue weighted by Gasteiger charge is -2.32. The number of aromatic nitrogens is 4. The monoisotopic (exact) mass is 415 g/mol. The summed E-state index contributed by atoms with van der Waals surface area (Å²) < 4.78 is 1.60. The number of aliphatic hydroxyl groups is 2. The fraction of sp³-hybridized carbons (Fsp3) is 0.476. The van der Waals surface area contributed by atoms with Crippen LogP contribution in [0.4, 0.5) is 5.82 Å². The van der Waals surface area contributed by atoms with Gasteiger partial charge in [0, 0.05) is 10.6 Å². The van der Waals surface area contributed by atoms with Crippen LogP contribution in [0.15, 0.2) is 30.7 Å². The minimum atomic E-state index is -0.878. The Bertz CT molecular complexity index is 1000. The van der Waals surface area contributed by atoms with Crippen LogP contribution in [0, 0.1) is 6.92 Å². The first-order valence-electron chi connectivity index (χ1n) is 9.98. The third-order valence-corrected chi connectivity index (χ3v) is 6.05. The van der Waals surface area contributed by atoms with Crippen molar-refractivity contribution in [3.8, 4) is 0 Å². The summed E-state index contributed by atoms with van der Waals surface area (Å²) in [7, 11) is 0. The van der Waals surface area contributed by atoms with Gasteiger partial charge in [-0.15, -0.1) is 0 Å². The predicted octanol–water partition coefficient (Wildman–Crippen LogP) is 3.11. The van der Waals surface area contributed by atoms with E-state index < -0.39 is 6.10 Å². The second kappa shape index (κ2) is 8.26. The van der Waals surface area contributed by atoms with E-state index in [9.17, 15) is 5.11 Å². The van der Waals surface area contributed by atoms with Gasteiger partial charge in [0.05, 0.1) is 30.8 Å². The van der Waals surface area contributed by atoms with Crippen molar-refractivity contribution < 1.29 is 10.2 Å². The quantitative estimate of drug-likeness (QED) is 0.548.